The van der Waals surface area contributed by atoms with Crippen LogP contribution in [0.25, 0.3) is 0 Å². The average molecular weight is 377 g/mol. The van der Waals surface area contributed by atoms with Crippen LogP contribution in [-0.4, -0.2) is 27.5 Å². The van der Waals surface area contributed by atoms with E-state index in [0.717, 1.165) is 6.07 Å². The van der Waals surface area contributed by atoms with E-state index in [0.29, 0.717) is 17.4 Å². The lowest BCUT2D eigenvalue weighted by molar-refractivity contribution is -0.140. The minimum Gasteiger partial charge on any atom is -0.362 e. The van der Waals surface area contributed by atoms with Crippen LogP contribution in [0.2, 0.25) is 0 Å². The molecule has 0 saturated carbocycles. The van der Waals surface area contributed by atoms with Crippen LogP contribution in [0, 0.1) is 5.82 Å². The third-order valence-corrected chi connectivity index (χ3v) is 4.70. The molecule has 5 nitrogen and oxygen atoms in total. The monoisotopic (exact) mass is 377 g/mol. The van der Waals surface area contributed by atoms with Gasteiger partial charge in [0.1, 0.15) is 11.6 Å². The van der Waals surface area contributed by atoms with E-state index in [9.17, 15) is 26.0 Å². The fourth-order valence-electron chi connectivity index (χ4n) is 2.12. The van der Waals surface area contributed by atoms with Crippen LogP contribution in [0.5, 0.6) is 0 Å². The molecule has 1 aromatic heterocycles. The van der Waals surface area contributed by atoms with Crippen molar-refractivity contribution in [2.24, 2.45) is 0 Å². The topological polar surface area (TPSA) is 62.3 Å². The normalized spacial score (nSPS) is 12.2. The molecular weight excluding hydrogens is 362 g/mol. The van der Waals surface area contributed by atoms with E-state index >= 15 is 0 Å². The molecule has 0 bridgehead atoms. The number of pyridine rings is 1. The number of aromatic nitrogens is 1. The zero-order valence-corrected chi connectivity index (χ0v) is 14.1. The van der Waals surface area contributed by atoms with Crippen molar-refractivity contribution < 1.29 is 26.0 Å². The minimum atomic E-state index is -4.99. The van der Waals surface area contributed by atoms with Crippen molar-refractivity contribution in [1.82, 2.24) is 9.71 Å². The van der Waals surface area contributed by atoms with E-state index in [1.807, 2.05) is 0 Å². The van der Waals surface area contributed by atoms with Gasteiger partial charge in [-0.2, -0.15) is 13.2 Å². The molecule has 0 fully saturated rings. The number of halogens is 4. The fraction of sp³-hybridized carbons (Fsp3) is 0.267. The highest BCUT2D eigenvalue weighted by atomic mass is 32.2. The SMILES string of the molecule is CN(C)c1ncccc1CNS(=O)(=O)c1ccc(F)c(C(F)(F)F)c1. The van der Waals surface area contributed by atoms with Crippen molar-refractivity contribution in [3.8, 4) is 0 Å². The molecule has 1 heterocycles. The third-order valence-electron chi connectivity index (χ3n) is 3.30. The fourth-order valence-corrected chi connectivity index (χ4v) is 3.15. The van der Waals surface area contributed by atoms with Crippen molar-refractivity contribution in [2.75, 3.05) is 19.0 Å². The predicted octanol–water partition coefficient (Wildman–Crippen LogP) is 2.78. The predicted molar refractivity (Wildman–Crippen MR) is 84.0 cm³/mol. The Kier molecular flexibility index (Phi) is 5.33. The molecule has 0 aliphatic rings. The molecule has 2 aromatic rings. The van der Waals surface area contributed by atoms with E-state index in [-0.39, 0.29) is 12.6 Å². The van der Waals surface area contributed by atoms with Crippen molar-refractivity contribution in [3.05, 3.63) is 53.5 Å². The van der Waals surface area contributed by atoms with Gasteiger partial charge in [0.2, 0.25) is 10.0 Å². The average Bonchev–Trinajstić information content (AvgIpc) is 2.52. The summed E-state index contributed by atoms with van der Waals surface area (Å²) in [5, 5.41) is 0. The molecule has 0 unspecified atom stereocenters. The summed E-state index contributed by atoms with van der Waals surface area (Å²) in [6.45, 7) is -0.178. The van der Waals surface area contributed by atoms with Gasteiger partial charge in [-0.25, -0.2) is 22.5 Å². The number of hydrogen-bond donors (Lipinski definition) is 1. The highest BCUT2D eigenvalue weighted by molar-refractivity contribution is 7.89. The number of nitrogens with one attached hydrogen (secondary N) is 1. The molecule has 0 atom stereocenters. The number of sulfonamides is 1. The summed E-state index contributed by atoms with van der Waals surface area (Å²) >= 11 is 0. The molecule has 136 valence electrons. The summed E-state index contributed by atoms with van der Waals surface area (Å²) in [5.41, 5.74) is -1.10. The second-order valence-corrected chi connectivity index (χ2v) is 7.11. The Morgan fingerprint density at radius 2 is 1.88 bits per heavy atom. The molecule has 1 aromatic carbocycles. The molecule has 0 aliphatic heterocycles. The van der Waals surface area contributed by atoms with Crippen LogP contribution < -0.4 is 9.62 Å². The van der Waals surface area contributed by atoms with Crippen molar-refractivity contribution in [3.63, 3.8) is 0 Å². The zero-order chi connectivity index (χ0) is 18.8. The van der Waals surface area contributed by atoms with Gasteiger partial charge in [-0.1, -0.05) is 6.07 Å². The summed E-state index contributed by atoms with van der Waals surface area (Å²) in [7, 11) is -0.827. The largest absolute Gasteiger partial charge is 0.419 e. The summed E-state index contributed by atoms with van der Waals surface area (Å²) in [5.74, 6) is -1.02. The Morgan fingerprint density at radius 3 is 2.48 bits per heavy atom. The van der Waals surface area contributed by atoms with Crippen molar-refractivity contribution in [1.29, 1.82) is 0 Å². The summed E-state index contributed by atoms with van der Waals surface area (Å²) in [6, 6.07) is 4.77. The Morgan fingerprint density at radius 1 is 1.20 bits per heavy atom. The molecular formula is C15H15F4N3O2S. The first kappa shape index (κ1) is 19.1. The van der Waals surface area contributed by atoms with Crippen molar-refractivity contribution >= 4 is 15.8 Å². The number of nitrogens with zero attached hydrogens (tertiary/aromatic N) is 2. The number of hydrogen-bond acceptors (Lipinski definition) is 4. The van der Waals surface area contributed by atoms with Crippen LogP contribution in [0.3, 0.4) is 0 Å². The summed E-state index contributed by atoms with van der Waals surface area (Å²) < 4.78 is 78.2. The third kappa shape index (κ3) is 4.45. The lowest BCUT2D eigenvalue weighted by Crippen LogP contribution is -2.25. The lowest BCUT2D eigenvalue weighted by Gasteiger charge is -2.16. The van der Waals surface area contributed by atoms with Gasteiger partial charge in [-0.3, -0.25) is 0 Å². The highest BCUT2D eigenvalue weighted by Gasteiger charge is 2.35. The van der Waals surface area contributed by atoms with Gasteiger partial charge >= 0.3 is 6.18 Å². The van der Waals surface area contributed by atoms with Crippen LogP contribution in [0.4, 0.5) is 23.4 Å². The van der Waals surface area contributed by atoms with Gasteiger partial charge in [0.25, 0.3) is 0 Å². The molecule has 25 heavy (non-hydrogen) atoms. The molecule has 2 rings (SSSR count). The highest BCUT2D eigenvalue weighted by Crippen LogP contribution is 2.32. The van der Waals surface area contributed by atoms with Crippen molar-refractivity contribution in [2.45, 2.75) is 17.6 Å². The Labute approximate surface area is 142 Å². The van der Waals surface area contributed by atoms with E-state index in [4.69, 9.17) is 0 Å². The first-order chi connectivity index (χ1) is 11.5. The van der Waals surface area contributed by atoms with Gasteiger partial charge in [0.15, 0.2) is 0 Å². The Bertz CT molecular complexity index is 867. The van der Waals surface area contributed by atoms with Crippen LogP contribution in [0.1, 0.15) is 11.1 Å². The number of benzene rings is 1. The second-order valence-electron chi connectivity index (χ2n) is 5.34. The maximum atomic E-state index is 13.3. The smallest absolute Gasteiger partial charge is 0.362 e. The van der Waals surface area contributed by atoms with E-state index in [1.54, 1.807) is 31.1 Å². The standard InChI is InChI=1S/C15H15F4N3O2S/c1-22(2)14-10(4-3-7-20-14)9-21-25(23,24)11-5-6-13(16)12(8-11)15(17,18)19/h3-8,21H,9H2,1-2H3. The Hall–Kier alpha value is -2.20. The molecule has 0 radical (unpaired) electrons. The molecule has 0 saturated heterocycles. The molecule has 0 aliphatic carbocycles. The molecule has 0 spiro atoms. The van der Waals surface area contributed by atoms with E-state index < -0.39 is 32.5 Å². The van der Waals surface area contributed by atoms with Gasteiger partial charge in [0.05, 0.1) is 10.5 Å². The minimum absolute atomic E-state index is 0.178. The summed E-state index contributed by atoms with van der Waals surface area (Å²) in [6.07, 6.45) is -3.46. The first-order valence-corrected chi connectivity index (χ1v) is 8.48. The number of alkyl halides is 3. The second kappa shape index (κ2) is 6.96. The van der Waals surface area contributed by atoms with Gasteiger partial charge in [0, 0.05) is 32.4 Å². The Balaban J connectivity index is 2.29. The lowest BCUT2D eigenvalue weighted by atomic mass is 10.2. The zero-order valence-electron chi connectivity index (χ0n) is 13.3. The van der Waals surface area contributed by atoms with Gasteiger partial charge < -0.3 is 4.90 Å². The van der Waals surface area contributed by atoms with Gasteiger partial charge in [-0.05, 0) is 24.3 Å². The maximum absolute atomic E-state index is 13.3. The molecule has 1 N–H and O–H groups in total. The van der Waals surface area contributed by atoms with Gasteiger partial charge in [-0.15, -0.1) is 0 Å². The van der Waals surface area contributed by atoms with Crippen LogP contribution in [0.15, 0.2) is 41.4 Å². The van der Waals surface area contributed by atoms with E-state index in [1.165, 1.54) is 6.20 Å². The van der Waals surface area contributed by atoms with E-state index in [2.05, 4.69) is 9.71 Å². The molecule has 0 amide bonds. The number of anilines is 1. The van der Waals surface area contributed by atoms with Crippen LogP contribution >= 0.6 is 0 Å². The summed E-state index contributed by atoms with van der Waals surface area (Å²) in [4.78, 5) is 5.10. The first-order valence-electron chi connectivity index (χ1n) is 7.00. The maximum Gasteiger partial charge on any atom is 0.419 e. The number of rotatable bonds is 5. The quantitative estimate of drug-likeness (QED) is 0.814. The molecule has 10 heteroatoms. The van der Waals surface area contributed by atoms with Crippen LogP contribution in [-0.2, 0) is 22.7 Å².